The van der Waals surface area contributed by atoms with Crippen LogP contribution in [0.3, 0.4) is 0 Å². The Labute approximate surface area is 469 Å². The lowest BCUT2D eigenvalue weighted by atomic mass is 9.99. The van der Waals surface area contributed by atoms with Crippen molar-refractivity contribution in [2.75, 3.05) is 13.2 Å². The van der Waals surface area contributed by atoms with E-state index in [1.807, 2.05) is 29.6 Å². The van der Waals surface area contributed by atoms with Crippen molar-refractivity contribution in [3.05, 3.63) is 113 Å². The van der Waals surface area contributed by atoms with Gasteiger partial charge in [0.05, 0.1) is 12.2 Å². The fourth-order valence-electron chi connectivity index (χ4n) is 9.52. The summed E-state index contributed by atoms with van der Waals surface area (Å²) in [4.78, 5) is 114. The zero-order valence-electron chi connectivity index (χ0n) is 46.1. The summed E-state index contributed by atoms with van der Waals surface area (Å²) in [5.41, 5.74) is -0.217. The molecule has 0 unspecified atom stereocenters. The lowest BCUT2D eigenvalue weighted by Gasteiger charge is -2.31. The molecule has 80 heavy (non-hydrogen) atoms. The van der Waals surface area contributed by atoms with Crippen LogP contribution in [0.5, 0.6) is 5.75 Å². The molecule has 6 rings (SSSR count). The Balaban J connectivity index is 1.33. The monoisotopic (exact) mass is 1140 g/mol. The number of carbonyl (C=O) groups is 8. The maximum Gasteiger partial charge on any atom is 0.306 e. The molecule has 0 aliphatic carbocycles. The number of hydrogen-bond acceptors (Lipinski definition) is 13. The van der Waals surface area contributed by atoms with Gasteiger partial charge in [-0.05, 0) is 131 Å². The zero-order chi connectivity index (χ0) is 58.5. The Hall–Kier alpha value is -7.43. The van der Waals surface area contributed by atoms with Gasteiger partial charge in [0.15, 0.2) is 0 Å². The third-order valence-electron chi connectivity index (χ3n) is 13.0. The van der Waals surface area contributed by atoms with Crippen molar-refractivity contribution < 1.29 is 65.9 Å². The van der Waals surface area contributed by atoms with Crippen LogP contribution in [0.15, 0.2) is 90.3 Å². The summed E-state index contributed by atoms with van der Waals surface area (Å²) < 4.78 is 45.8. The largest absolute Gasteiger partial charge is 0.493 e. The molecule has 6 amide bonds. The average molecular weight is 1140 g/mol. The van der Waals surface area contributed by atoms with Crippen LogP contribution in [0.25, 0.3) is 20.9 Å². The second kappa shape index (κ2) is 27.2. The molecule has 0 spiro atoms. The van der Waals surface area contributed by atoms with Gasteiger partial charge in [0.1, 0.15) is 47.3 Å². The molecular formula is C58H72N6O14S2. The van der Waals surface area contributed by atoms with Gasteiger partial charge in [-0.15, -0.1) is 11.3 Å². The highest BCUT2D eigenvalue weighted by molar-refractivity contribution is 7.85. The van der Waals surface area contributed by atoms with E-state index in [1.54, 1.807) is 90.9 Å². The number of carboxylic acid groups (broad SMARTS) is 1. The molecule has 22 heteroatoms. The Bertz CT molecular complexity index is 3200. The van der Waals surface area contributed by atoms with Crippen molar-refractivity contribution >= 4 is 89.7 Å². The quantitative estimate of drug-likeness (QED) is 0.0255. The molecular weight excluding hydrogens is 1070 g/mol. The van der Waals surface area contributed by atoms with Crippen molar-refractivity contribution in [3.63, 3.8) is 0 Å². The van der Waals surface area contributed by atoms with Crippen LogP contribution >= 0.6 is 11.3 Å². The van der Waals surface area contributed by atoms with Gasteiger partial charge >= 0.3 is 11.9 Å². The molecule has 1 fully saturated rings. The highest BCUT2D eigenvalue weighted by Crippen LogP contribution is 2.30. The molecule has 0 radical (unpaired) electrons. The summed E-state index contributed by atoms with van der Waals surface area (Å²) in [6.07, 6.45) is -0.728. The van der Waals surface area contributed by atoms with E-state index in [4.69, 9.17) is 9.47 Å². The summed E-state index contributed by atoms with van der Waals surface area (Å²) in [6.45, 7) is 12.3. The van der Waals surface area contributed by atoms with Crippen LogP contribution in [0.4, 0.5) is 0 Å². The number of carbonyl (C=O) groups excluding carboxylic acids is 7. The third kappa shape index (κ3) is 18.0. The number of likely N-dealkylation sites (tertiary alicyclic amines) is 1. The first-order chi connectivity index (χ1) is 37.7. The fourth-order valence-corrected chi connectivity index (χ4v) is 11.1. The van der Waals surface area contributed by atoms with Gasteiger partial charge in [-0.2, -0.15) is 8.42 Å². The summed E-state index contributed by atoms with van der Waals surface area (Å²) in [6, 6.07) is 17.4. The smallest absolute Gasteiger partial charge is 0.306 e. The van der Waals surface area contributed by atoms with E-state index in [0.717, 1.165) is 15.6 Å². The molecule has 0 bridgehead atoms. The standard InChI is InChI=1S/C58H72N6O14S2/c1-8-77-46-27-25-37-18-9-10-20-40(37)50(46)55(72)62-43(31-35-16-13-17-36(30-35)34-80(74,75)76)51(68)60-42(26-28-49(67)78-58(5,6)7)56(73)64-29-15-22-45(64)54(71)61-44(32-38-33-79-47-23-12-11-19-39(38)47)52(69)59-41(21-14-24-48(65)66)53(70)63-57(2,3)4/h9-13,16-20,23,25,27,30,33,41-45H,8,14-15,21-22,24,26,28-29,31-32,34H2,1-7H3,(H,59,69)(H,60,68)(H,61,71)(H,62,72)(H,63,70)(H,65,66)(H,74,75,76)/t41-,42-,43-,44-,45-/m0/s1. The third-order valence-corrected chi connectivity index (χ3v) is 14.7. The Morgan fingerprint density at radius 3 is 2.08 bits per heavy atom. The van der Waals surface area contributed by atoms with Crippen LogP contribution in [-0.4, -0.2) is 125 Å². The lowest BCUT2D eigenvalue weighted by molar-refractivity contribution is -0.155. The van der Waals surface area contributed by atoms with Gasteiger partial charge in [-0.25, -0.2) is 0 Å². The number of amides is 6. The number of nitrogens with one attached hydrogen (secondary N) is 5. The van der Waals surface area contributed by atoms with E-state index in [1.165, 1.54) is 34.4 Å². The summed E-state index contributed by atoms with van der Waals surface area (Å²) in [7, 11) is -4.47. The van der Waals surface area contributed by atoms with Gasteiger partial charge in [0.25, 0.3) is 16.0 Å². The van der Waals surface area contributed by atoms with Crippen LogP contribution in [0.2, 0.25) is 0 Å². The predicted octanol–water partition coefficient (Wildman–Crippen LogP) is 6.16. The van der Waals surface area contributed by atoms with Crippen molar-refractivity contribution in [2.45, 2.75) is 153 Å². The number of fused-ring (bicyclic) bond motifs is 2. The first-order valence-electron chi connectivity index (χ1n) is 26.6. The Kier molecular flexibility index (Phi) is 21.0. The predicted molar refractivity (Wildman–Crippen MR) is 302 cm³/mol. The number of nitrogens with zero attached hydrogens (tertiary/aromatic N) is 1. The molecule has 1 aliphatic heterocycles. The molecule has 5 atom stereocenters. The van der Waals surface area contributed by atoms with E-state index < -0.39 is 105 Å². The first kappa shape index (κ1) is 61.8. The van der Waals surface area contributed by atoms with Crippen molar-refractivity contribution in [1.82, 2.24) is 31.5 Å². The summed E-state index contributed by atoms with van der Waals surface area (Å²) in [5.74, 6) is -6.63. The second-order valence-corrected chi connectivity index (χ2v) is 24.2. The van der Waals surface area contributed by atoms with Crippen molar-refractivity contribution in [2.24, 2.45) is 0 Å². The number of hydrogen-bond donors (Lipinski definition) is 7. The Morgan fingerprint density at radius 1 is 0.738 bits per heavy atom. The number of esters is 1. The average Bonchev–Trinajstić information content (AvgIpc) is 4.04. The van der Waals surface area contributed by atoms with Gasteiger partial charge in [-0.3, -0.25) is 42.9 Å². The van der Waals surface area contributed by atoms with Gasteiger partial charge < -0.3 is 46.1 Å². The molecule has 430 valence electrons. The SMILES string of the molecule is CCOc1ccc2ccccc2c1C(=O)N[C@@H](Cc1cccc(CS(=O)(=O)O)c1)C(=O)N[C@@H](CCC(=O)OC(C)(C)C)C(=O)N1CCC[C@H]1C(=O)N[C@@H](Cc1csc2ccccc12)C(=O)N[C@@H](CCCC(=O)O)C(=O)NC(C)(C)C. The maximum absolute atomic E-state index is 15.1. The number of ether oxygens (including phenoxy) is 2. The molecule has 2 heterocycles. The molecule has 0 saturated carbocycles. The molecule has 1 aromatic heterocycles. The topological polar surface area (TPSA) is 293 Å². The van der Waals surface area contributed by atoms with Gasteiger partial charge in [-0.1, -0.05) is 72.8 Å². The fraction of sp³-hybridized carbons (Fsp3) is 0.448. The number of thiophene rings is 1. The molecule has 1 saturated heterocycles. The summed E-state index contributed by atoms with van der Waals surface area (Å²) >= 11 is 1.44. The molecule has 5 aromatic rings. The van der Waals surface area contributed by atoms with E-state index in [2.05, 4.69) is 26.6 Å². The van der Waals surface area contributed by atoms with Crippen LogP contribution in [0, 0.1) is 0 Å². The zero-order valence-corrected chi connectivity index (χ0v) is 47.7. The number of rotatable bonds is 25. The first-order valence-corrected chi connectivity index (χ1v) is 29.1. The van der Waals surface area contributed by atoms with Gasteiger partial charge in [0, 0.05) is 42.5 Å². The minimum atomic E-state index is -4.47. The molecule has 20 nitrogen and oxygen atoms in total. The minimum absolute atomic E-state index is 0.0221. The molecule has 7 N–H and O–H groups in total. The molecule has 1 aliphatic rings. The maximum atomic E-state index is 15.1. The lowest BCUT2D eigenvalue weighted by Crippen LogP contribution is -2.59. The number of aliphatic carboxylic acids is 1. The van der Waals surface area contributed by atoms with Gasteiger partial charge in [0.2, 0.25) is 29.5 Å². The highest BCUT2D eigenvalue weighted by Gasteiger charge is 2.41. The summed E-state index contributed by atoms with van der Waals surface area (Å²) in [5, 5.41) is 27.3. The van der Waals surface area contributed by atoms with Crippen LogP contribution < -0.4 is 31.3 Å². The molecule has 4 aromatic carbocycles. The van der Waals surface area contributed by atoms with E-state index in [9.17, 15) is 51.6 Å². The second-order valence-electron chi connectivity index (χ2n) is 21.9. The van der Waals surface area contributed by atoms with E-state index >= 15 is 4.79 Å². The van der Waals surface area contributed by atoms with E-state index in [0.29, 0.717) is 22.8 Å². The van der Waals surface area contributed by atoms with Crippen LogP contribution in [0.1, 0.15) is 120 Å². The normalized spacial score (nSPS) is 15.2. The highest BCUT2D eigenvalue weighted by atomic mass is 32.2. The van der Waals surface area contributed by atoms with Crippen molar-refractivity contribution in [3.8, 4) is 5.75 Å². The Morgan fingerprint density at radius 2 is 1.40 bits per heavy atom. The minimum Gasteiger partial charge on any atom is -0.493 e. The number of carboxylic acids is 1. The number of benzene rings is 4. The van der Waals surface area contributed by atoms with Crippen molar-refractivity contribution in [1.29, 1.82) is 0 Å². The van der Waals surface area contributed by atoms with Crippen LogP contribution in [-0.2, 0) is 67.0 Å². The van der Waals surface area contributed by atoms with E-state index in [-0.39, 0.29) is 81.4 Å².